The number of aliphatic hydroxyl groups excluding tert-OH is 1. The largest absolute Gasteiger partial charge is 0.480 e. The highest BCUT2D eigenvalue weighted by Crippen LogP contribution is 2.51. The lowest BCUT2D eigenvalue weighted by atomic mass is 9.54. The predicted octanol–water partition coefficient (Wildman–Crippen LogP) is 0.789. The van der Waals surface area contributed by atoms with Crippen molar-refractivity contribution >= 4 is 12.0 Å². The van der Waals surface area contributed by atoms with Gasteiger partial charge in [0.15, 0.2) is 0 Å². The predicted molar refractivity (Wildman–Crippen MR) is 97.0 cm³/mol. The molecule has 2 unspecified atom stereocenters. The summed E-state index contributed by atoms with van der Waals surface area (Å²) >= 11 is 0. The zero-order valence-corrected chi connectivity index (χ0v) is 16.2. The number of ether oxygens (including phenoxy) is 1. The van der Waals surface area contributed by atoms with Crippen LogP contribution in [0.2, 0.25) is 0 Å². The van der Waals surface area contributed by atoms with Gasteiger partial charge < -0.3 is 25.6 Å². The number of rotatable bonds is 9. The van der Waals surface area contributed by atoms with E-state index in [4.69, 9.17) is 9.84 Å². The quantitative estimate of drug-likeness (QED) is 0.477. The van der Waals surface area contributed by atoms with E-state index in [9.17, 15) is 14.7 Å². The molecular formula is C18H33N3O5. The Morgan fingerprint density at radius 2 is 1.92 bits per heavy atom. The zero-order chi connectivity index (χ0) is 19.5. The molecule has 0 aromatic rings. The van der Waals surface area contributed by atoms with E-state index in [-0.39, 0.29) is 42.8 Å². The van der Waals surface area contributed by atoms with Gasteiger partial charge in [0.1, 0.15) is 0 Å². The van der Waals surface area contributed by atoms with Gasteiger partial charge in [0, 0.05) is 30.5 Å². The molecular weight excluding hydrogens is 338 g/mol. The molecule has 2 rings (SSSR count). The summed E-state index contributed by atoms with van der Waals surface area (Å²) in [6.45, 7) is 9.05. The molecule has 0 heterocycles. The third kappa shape index (κ3) is 3.97. The lowest BCUT2D eigenvalue weighted by Gasteiger charge is -2.60. The van der Waals surface area contributed by atoms with Crippen LogP contribution in [0.15, 0.2) is 0 Å². The number of hydrogen-bond acceptors (Lipinski definition) is 5. The summed E-state index contributed by atoms with van der Waals surface area (Å²) in [4.78, 5) is 25.2. The van der Waals surface area contributed by atoms with E-state index < -0.39 is 11.5 Å². The van der Waals surface area contributed by atoms with Crippen LogP contribution in [-0.4, -0.2) is 77.1 Å². The van der Waals surface area contributed by atoms with Crippen molar-refractivity contribution in [3.05, 3.63) is 0 Å². The van der Waals surface area contributed by atoms with Crippen molar-refractivity contribution in [1.82, 2.24) is 15.5 Å². The van der Waals surface area contributed by atoms with Crippen molar-refractivity contribution in [3.8, 4) is 0 Å². The minimum absolute atomic E-state index is 0.0159. The number of nitrogens with one attached hydrogen (secondary N) is 2. The minimum Gasteiger partial charge on any atom is -0.480 e. The SMILES string of the molecule is CCOC1CC(CO)(NC(=O)NC2CC(N(CC)CC(=O)O)C2)C1(C)C. The second-order valence-corrected chi connectivity index (χ2v) is 7.99. The van der Waals surface area contributed by atoms with Crippen molar-refractivity contribution < 1.29 is 24.5 Å². The van der Waals surface area contributed by atoms with Crippen LogP contribution in [-0.2, 0) is 9.53 Å². The highest BCUT2D eigenvalue weighted by Gasteiger charge is 2.61. The van der Waals surface area contributed by atoms with E-state index in [1.807, 2.05) is 32.6 Å². The molecule has 2 aliphatic carbocycles. The van der Waals surface area contributed by atoms with E-state index in [0.717, 1.165) is 12.8 Å². The van der Waals surface area contributed by atoms with Crippen LogP contribution in [0.1, 0.15) is 47.0 Å². The number of carboxylic acids is 1. The lowest BCUT2D eigenvalue weighted by Crippen LogP contribution is -2.75. The third-order valence-corrected chi connectivity index (χ3v) is 6.27. The summed E-state index contributed by atoms with van der Waals surface area (Å²) < 4.78 is 5.69. The Kier molecular flexibility index (Phi) is 6.52. The highest BCUT2D eigenvalue weighted by molar-refractivity contribution is 5.76. The fourth-order valence-corrected chi connectivity index (χ4v) is 4.12. The van der Waals surface area contributed by atoms with Crippen LogP contribution in [0, 0.1) is 5.41 Å². The van der Waals surface area contributed by atoms with E-state index in [1.165, 1.54) is 0 Å². The molecule has 2 atom stereocenters. The second-order valence-electron chi connectivity index (χ2n) is 7.99. The number of urea groups is 1. The van der Waals surface area contributed by atoms with E-state index >= 15 is 0 Å². The minimum atomic E-state index is -0.832. The summed E-state index contributed by atoms with van der Waals surface area (Å²) in [6.07, 6.45) is 2.09. The van der Waals surface area contributed by atoms with Gasteiger partial charge in [-0.05, 0) is 26.3 Å². The Morgan fingerprint density at radius 1 is 1.27 bits per heavy atom. The van der Waals surface area contributed by atoms with Crippen LogP contribution in [0.25, 0.3) is 0 Å². The molecule has 8 heteroatoms. The number of amides is 2. The first kappa shape index (κ1) is 20.9. The Balaban J connectivity index is 1.82. The van der Waals surface area contributed by atoms with Gasteiger partial charge in [-0.25, -0.2) is 4.79 Å². The van der Waals surface area contributed by atoms with E-state index in [0.29, 0.717) is 19.6 Å². The molecule has 0 saturated heterocycles. The number of aliphatic carboxylic acids is 1. The molecule has 0 bridgehead atoms. The van der Waals surface area contributed by atoms with Crippen molar-refractivity contribution in [1.29, 1.82) is 0 Å². The van der Waals surface area contributed by atoms with Gasteiger partial charge in [0.05, 0.1) is 24.8 Å². The first-order valence-electron chi connectivity index (χ1n) is 9.46. The van der Waals surface area contributed by atoms with E-state index in [1.54, 1.807) is 0 Å². The van der Waals surface area contributed by atoms with Crippen LogP contribution in [0.5, 0.6) is 0 Å². The van der Waals surface area contributed by atoms with Gasteiger partial charge >= 0.3 is 12.0 Å². The molecule has 0 aromatic heterocycles. The molecule has 150 valence electrons. The average molecular weight is 371 g/mol. The molecule has 0 aromatic carbocycles. The Bertz CT molecular complexity index is 521. The summed E-state index contributed by atoms with van der Waals surface area (Å²) in [6, 6.07) is -0.0630. The molecule has 2 saturated carbocycles. The second kappa shape index (κ2) is 8.10. The van der Waals surface area contributed by atoms with Crippen molar-refractivity contribution in [2.75, 3.05) is 26.3 Å². The van der Waals surface area contributed by atoms with E-state index in [2.05, 4.69) is 10.6 Å². The third-order valence-electron chi connectivity index (χ3n) is 6.27. The lowest BCUT2D eigenvalue weighted by molar-refractivity contribution is -0.172. The van der Waals surface area contributed by atoms with Crippen LogP contribution < -0.4 is 10.6 Å². The zero-order valence-electron chi connectivity index (χ0n) is 16.2. The molecule has 8 nitrogen and oxygen atoms in total. The molecule has 0 spiro atoms. The monoisotopic (exact) mass is 371 g/mol. The summed E-state index contributed by atoms with van der Waals surface area (Å²) in [5.74, 6) is -0.832. The maximum Gasteiger partial charge on any atom is 0.317 e. The molecule has 4 N–H and O–H groups in total. The Morgan fingerprint density at radius 3 is 2.38 bits per heavy atom. The first-order valence-corrected chi connectivity index (χ1v) is 9.46. The summed E-state index contributed by atoms with van der Waals surface area (Å²) in [5, 5.41) is 24.7. The average Bonchev–Trinajstić information content (AvgIpc) is 2.54. The smallest absolute Gasteiger partial charge is 0.317 e. The number of carbonyl (C=O) groups excluding carboxylic acids is 1. The van der Waals surface area contributed by atoms with Crippen molar-refractivity contribution in [3.63, 3.8) is 0 Å². The van der Waals surface area contributed by atoms with Crippen molar-refractivity contribution in [2.24, 2.45) is 5.41 Å². The van der Waals surface area contributed by atoms with Crippen LogP contribution >= 0.6 is 0 Å². The molecule has 0 radical (unpaired) electrons. The molecule has 0 aliphatic heterocycles. The number of hydrogen-bond donors (Lipinski definition) is 4. The maximum atomic E-state index is 12.4. The fourth-order valence-electron chi connectivity index (χ4n) is 4.12. The maximum absolute atomic E-state index is 12.4. The normalized spacial score (nSPS) is 32.5. The highest BCUT2D eigenvalue weighted by atomic mass is 16.5. The molecule has 26 heavy (non-hydrogen) atoms. The van der Waals surface area contributed by atoms with Crippen LogP contribution in [0.3, 0.4) is 0 Å². The van der Waals surface area contributed by atoms with Gasteiger partial charge in [-0.15, -0.1) is 0 Å². The number of carboxylic acid groups (broad SMARTS) is 1. The Hall–Kier alpha value is -1.38. The van der Waals surface area contributed by atoms with Crippen molar-refractivity contribution in [2.45, 2.75) is 70.7 Å². The summed E-state index contributed by atoms with van der Waals surface area (Å²) in [5.41, 5.74) is -1.03. The van der Waals surface area contributed by atoms with Gasteiger partial charge in [-0.1, -0.05) is 20.8 Å². The summed E-state index contributed by atoms with van der Waals surface area (Å²) in [7, 11) is 0. The number of likely N-dealkylation sites (N-methyl/N-ethyl adjacent to an activating group) is 1. The van der Waals surface area contributed by atoms with Gasteiger partial charge in [-0.3, -0.25) is 9.69 Å². The topological polar surface area (TPSA) is 111 Å². The first-order chi connectivity index (χ1) is 12.2. The molecule has 2 amide bonds. The standard InChI is InChI=1S/C18H33N3O5/c1-5-21(10-15(23)24)13-7-12(8-13)19-16(25)20-18(11-22)9-14(26-6-2)17(18,3)4/h12-14,22H,5-11H2,1-4H3,(H,23,24)(H2,19,20,25). The van der Waals surface area contributed by atoms with Gasteiger partial charge in [0.2, 0.25) is 0 Å². The van der Waals surface area contributed by atoms with Gasteiger partial charge in [0.25, 0.3) is 0 Å². The van der Waals surface area contributed by atoms with Gasteiger partial charge in [-0.2, -0.15) is 0 Å². The Labute approximate surface area is 155 Å². The van der Waals surface area contributed by atoms with Crippen LogP contribution in [0.4, 0.5) is 4.79 Å². The number of carbonyl (C=O) groups is 2. The molecule has 2 aliphatic rings. The number of nitrogens with zero attached hydrogens (tertiary/aromatic N) is 1. The number of aliphatic hydroxyl groups is 1. The fraction of sp³-hybridized carbons (Fsp3) is 0.889. The molecule has 2 fully saturated rings.